The van der Waals surface area contributed by atoms with Crippen LogP contribution in [0.1, 0.15) is 35.4 Å². The molecule has 1 aromatic rings. The maximum atomic E-state index is 11.8. The Morgan fingerprint density at radius 2 is 2.16 bits per heavy atom. The van der Waals surface area contributed by atoms with Gasteiger partial charge >= 0.3 is 12.0 Å². The van der Waals surface area contributed by atoms with Crippen LogP contribution in [0.3, 0.4) is 0 Å². The third-order valence-corrected chi connectivity index (χ3v) is 3.36. The van der Waals surface area contributed by atoms with Gasteiger partial charge in [0.25, 0.3) is 0 Å². The van der Waals surface area contributed by atoms with Crippen LogP contribution in [0.25, 0.3) is 0 Å². The van der Waals surface area contributed by atoms with Crippen molar-refractivity contribution in [2.24, 2.45) is 0 Å². The van der Waals surface area contributed by atoms with Crippen LogP contribution in [0, 0.1) is 0 Å². The second-order valence-corrected chi connectivity index (χ2v) is 5.17. The number of likely N-dealkylation sites (N-methyl/N-ethyl adjacent to an activating group) is 1. The van der Waals surface area contributed by atoms with E-state index in [9.17, 15) is 14.7 Å². The summed E-state index contributed by atoms with van der Waals surface area (Å²) in [6.07, 6.45) is -0.607. The molecule has 0 aliphatic carbocycles. The number of carbonyl (C=O) groups excluding carboxylic acids is 1. The minimum absolute atomic E-state index is 0.0292. The lowest BCUT2D eigenvalue weighted by Crippen LogP contribution is -2.41. The molecule has 0 aliphatic rings. The number of aliphatic hydroxyl groups is 1. The van der Waals surface area contributed by atoms with E-state index in [-0.39, 0.29) is 24.3 Å². The summed E-state index contributed by atoms with van der Waals surface area (Å²) in [5.74, 6) is -1.09. The van der Waals surface area contributed by atoms with Crippen molar-refractivity contribution in [3.8, 4) is 0 Å². The molecular formula is C11H17N3O4S. The zero-order valence-corrected chi connectivity index (χ0v) is 11.8. The van der Waals surface area contributed by atoms with Crippen molar-refractivity contribution in [3.63, 3.8) is 0 Å². The first-order chi connectivity index (χ1) is 8.81. The SMILES string of the molecule is CC(O)CN(C)C(=O)NC(C)c1nc(C(=O)O)cs1. The minimum atomic E-state index is -1.09. The molecule has 0 saturated carbocycles. The first-order valence-electron chi connectivity index (χ1n) is 5.69. The second-order valence-electron chi connectivity index (χ2n) is 4.28. The summed E-state index contributed by atoms with van der Waals surface area (Å²) in [6, 6.07) is -0.734. The standard InChI is InChI=1S/C11H17N3O4S/c1-6(15)4-14(3)11(18)12-7(2)9-13-8(5-19-9)10(16)17/h5-7,15H,4H2,1-3H3,(H,12,18)(H,16,17). The first kappa shape index (κ1) is 15.4. The predicted octanol–water partition coefficient (Wildman–Crippen LogP) is 0.925. The van der Waals surface area contributed by atoms with E-state index < -0.39 is 12.1 Å². The molecule has 8 heteroatoms. The Balaban J connectivity index is 2.60. The van der Waals surface area contributed by atoms with Crippen molar-refractivity contribution >= 4 is 23.3 Å². The maximum absolute atomic E-state index is 11.8. The van der Waals surface area contributed by atoms with Gasteiger partial charge in [0, 0.05) is 19.0 Å². The molecule has 0 spiro atoms. The summed E-state index contributed by atoms with van der Waals surface area (Å²) in [5.41, 5.74) is -0.0292. The number of urea groups is 1. The molecule has 1 aromatic heterocycles. The highest BCUT2D eigenvalue weighted by Crippen LogP contribution is 2.18. The summed E-state index contributed by atoms with van der Waals surface area (Å²) < 4.78 is 0. The minimum Gasteiger partial charge on any atom is -0.476 e. The van der Waals surface area contributed by atoms with Crippen molar-refractivity contribution in [1.82, 2.24) is 15.2 Å². The number of hydrogen-bond donors (Lipinski definition) is 3. The number of aromatic carboxylic acids is 1. The van der Waals surface area contributed by atoms with E-state index in [1.807, 2.05) is 0 Å². The lowest BCUT2D eigenvalue weighted by Gasteiger charge is -2.21. The van der Waals surface area contributed by atoms with Gasteiger partial charge in [0.1, 0.15) is 5.01 Å². The molecule has 2 atom stereocenters. The Bertz CT molecular complexity index is 461. The van der Waals surface area contributed by atoms with Gasteiger partial charge in [0.2, 0.25) is 0 Å². The van der Waals surface area contributed by atoms with Gasteiger partial charge in [-0.1, -0.05) is 0 Å². The Hall–Kier alpha value is -1.67. The molecular weight excluding hydrogens is 270 g/mol. The summed E-state index contributed by atoms with van der Waals surface area (Å²) in [4.78, 5) is 27.7. The number of rotatable bonds is 5. The molecule has 2 amide bonds. The second kappa shape index (κ2) is 6.48. The number of nitrogens with zero attached hydrogens (tertiary/aromatic N) is 2. The number of aromatic nitrogens is 1. The van der Waals surface area contributed by atoms with Gasteiger partial charge in [-0.25, -0.2) is 14.6 Å². The Labute approximate surface area is 114 Å². The molecule has 0 radical (unpaired) electrons. The molecule has 0 fully saturated rings. The van der Waals surface area contributed by atoms with Crippen LogP contribution in [-0.4, -0.2) is 51.8 Å². The summed E-state index contributed by atoms with van der Waals surface area (Å²) in [7, 11) is 1.57. The number of carboxylic acid groups (broad SMARTS) is 1. The normalized spacial score (nSPS) is 13.7. The van der Waals surface area contributed by atoms with Gasteiger partial charge < -0.3 is 20.4 Å². The fourth-order valence-electron chi connectivity index (χ4n) is 1.42. The van der Waals surface area contributed by atoms with E-state index >= 15 is 0 Å². The number of carboxylic acids is 1. The van der Waals surface area contributed by atoms with Gasteiger partial charge in [-0.2, -0.15) is 0 Å². The average molecular weight is 287 g/mol. The molecule has 0 aromatic carbocycles. The molecule has 19 heavy (non-hydrogen) atoms. The first-order valence-corrected chi connectivity index (χ1v) is 6.57. The average Bonchev–Trinajstić information content (AvgIpc) is 2.77. The quantitative estimate of drug-likeness (QED) is 0.747. The monoisotopic (exact) mass is 287 g/mol. The molecule has 1 rings (SSSR count). The van der Waals surface area contributed by atoms with Gasteiger partial charge in [0.15, 0.2) is 5.69 Å². The van der Waals surface area contributed by atoms with Crippen molar-refractivity contribution in [1.29, 1.82) is 0 Å². The molecule has 2 unspecified atom stereocenters. The van der Waals surface area contributed by atoms with E-state index in [0.29, 0.717) is 5.01 Å². The molecule has 0 bridgehead atoms. The topological polar surface area (TPSA) is 103 Å². The van der Waals surface area contributed by atoms with Gasteiger partial charge in [-0.05, 0) is 13.8 Å². The van der Waals surface area contributed by atoms with E-state index in [0.717, 1.165) is 0 Å². The van der Waals surface area contributed by atoms with Crippen molar-refractivity contribution in [2.75, 3.05) is 13.6 Å². The number of amides is 2. The third-order valence-electron chi connectivity index (χ3n) is 2.34. The van der Waals surface area contributed by atoms with E-state index in [2.05, 4.69) is 10.3 Å². The molecule has 0 aliphatic heterocycles. The van der Waals surface area contributed by atoms with Gasteiger partial charge in [0.05, 0.1) is 12.1 Å². The molecule has 3 N–H and O–H groups in total. The lowest BCUT2D eigenvalue weighted by atomic mass is 10.3. The number of aliphatic hydroxyl groups excluding tert-OH is 1. The number of hydrogen-bond acceptors (Lipinski definition) is 5. The van der Waals surface area contributed by atoms with Crippen molar-refractivity contribution in [3.05, 3.63) is 16.1 Å². The smallest absolute Gasteiger partial charge is 0.355 e. The summed E-state index contributed by atoms with van der Waals surface area (Å²) >= 11 is 1.18. The summed E-state index contributed by atoms with van der Waals surface area (Å²) in [5, 5.41) is 22.6. The van der Waals surface area contributed by atoms with Crippen LogP contribution in [0.4, 0.5) is 4.79 Å². The zero-order valence-electron chi connectivity index (χ0n) is 11.0. The number of thiazole rings is 1. The van der Waals surface area contributed by atoms with Crippen LogP contribution < -0.4 is 5.32 Å². The van der Waals surface area contributed by atoms with E-state index in [1.54, 1.807) is 20.9 Å². The van der Waals surface area contributed by atoms with Crippen LogP contribution in [0.15, 0.2) is 5.38 Å². The number of carbonyl (C=O) groups is 2. The molecule has 1 heterocycles. The van der Waals surface area contributed by atoms with Crippen LogP contribution in [-0.2, 0) is 0 Å². The largest absolute Gasteiger partial charge is 0.476 e. The van der Waals surface area contributed by atoms with Gasteiger partial charge in [-0.15, -0.1) is 11.3 Å². The Morgan fingerprint density at radius 3 is 2.63 bits per heavy atom. The molecule has 106 valence electrons. The van der Waals surface area contributed by atoms with Crippen LogP contribution in [0.2, 0.25) is 0 Å². The summed E-state index contributed by atoms with van der Waals surface area (Å²) in [6.45, 7) is 3.53. The highest BCUT2D eigenvalue weighted by molar-refractivity contribution is 7.09. The third kappa shape index (κ3) is 4.49. The maximum Gasteiger partial charge on any atom is 0.355 e. The Morgan fingerprint density at radius 1 is 1.53 bits per heavy atom. The fourth-order valence-corrected chi connectivity index (χ4v) is 2.22. The van der Waals surface area contributed by atoms with Crippen LogP contribution >= 0.6 is 11.3 Å². The van der Waals surface area contributed by atoms with Crippen molar-refractivity contribution < 1.29 is 19.8 Å². The highest BCUT2D eigenvalue weighted by atomic mass is 32.1. The predicted molar refractivity (Wildman–Crippen MR) is 70.3 cm³/mol. The van der Waals surface area contributed by atoms with E-state index in [1.165, 1.54) is 21.6 Å². The van der Waals surface area contributed by atoms with E-state index in [4.69, 9.17) is 5.11 Å². The van der Waals surface area contributed by atoms with Crippen molar-refractivity contribution in [2.45, 2.75) is 26.0 Å². The lowest BCUT2D eigenvalue weighted by molar-refractivity contribution is 0.0691. The van der Waals surface area contributed by atoms with Gasteiger partial charge in [-0.3, -0.25) is 0 Å². The fraction of sp³-hybridized carbons (Fsp3) is 0.545. The highest BCUT2D eigenvalue weighted by Gasteiger charge is 2.18. The molecule has 7 nitrogen and oxygen atoms in total. The zero-order chi connectivity index (χ0) is 14.6. The number of nitrogens with one attached hydrogen (secondary N) is 1. The Kier molecular flexibility index (Phi) is 5.25. The van der Waals surface area contributed by atoms with Crippen LogP contribution in [0.5, 0.6) is 0 Å². The molecule has 0 saturated heterocycles.